The lowest BCUT2D eigenvalue weighted by atomic mass is 10.2. The van der Waals surface area contributed by atoms with Crippen LogP contribution in [-0.2, 0) is 6.54 Å². The predicted molar refractivity (Wildman–Crippen MR) is 64.7 cm³/mol. The standard InChI is InChI=1S/C10H14BrNOS/c1-12-7-8-6-9(11)2-3-10(8)14-5-4-13/h2-3,6,12-13H,4-5,7H2,1H3. The van der Waals surface area contributed by atoms with E-state index in [4.69, 9.17) is 5.11 Å². The van der Waals surface area contributed by atoms with Crippen LogP contribution < -0.4 is 5.32 Å². The van der Waals surface area contributed by atoms with Gasteiger partial charge in [-0.05, 0) is 30.8 Å². The van der Waals surface area contributed by atoms with E-state index in [1.165, 1.54) is 10.5 Å². The second-order valence-electron chi connectivity index (χ2n) is 2.85. The highest BCUT2D eigenvalue weighted by Gasteiger charge is 2.02. The second-order valence-corrected chi connectivity index (χ2v) is 4.91. The van der Waals surface area contributed by atoms with Crippen molar-refractivity contribution in [3.63, 3.8) is 0 Å². The molecule has 0 atom stereocenters. The number of hydrogen-bond donors (Lipinski definition) is 2. The molecule has 0 aromatic heterocycles. The second kappa shape index (κ2) is 6.45. The Balaban J connectivity index is 2.78. The van der Waals surface area contributed by atoms with Gasteiger partial charge in [-0.3, -0.25) is 0 Å². The molecule has 0 saturated carbocycles. The molecule has 0 unspecified atom stereocenters. The van der Waals surface area contributed by atoms with Gasteiger partial charge in [-0.1, -0.05) is 15.9 Å². The van der Waals surface area contributed by atoms with E-state index in [2.05, 4.69) is 33.4 Å². The molecule has 1 aromatic carbocycles. The monoisotopic (exact) mass is 275 g/mol. The van der Waals surface area contributed by atoms with Crippen LogP contribution >= 0.6 is 27.7 Å². The van der Waals surface area contributed by atoms with Crippen molar-refractivity contribution in [1.29, 1.82) is 0 Å². The molecule has 0 fully saturated rings. The summed E-state index contributed by atoms with van der Waals surface area (Å²) in [4.78, 5) is 1.23. The third kappa shape index (κ3) is 3.61. The van der Waals surface area contributed by atoms with Crippen LogP contribution in [0.25, 0.3) is 0 Å². The number of nitrogens with one attached hydrogen (secondary N) is 1. The maximum atomic E-state index is 8.76. The van der Waals surface area contributed by atoms with Gasteiger partial charge in [-0.15, -0.1) is 11.8 Å². The Morgan fingerprint density at radius 3 is 2.93 bits per heavy atom. The van der Waals surface area contributed by atoms with Crippen molar-refractivity contribution in [2.24, 2.45) is 0 Å². The fourth-order valence-corrected chi connectivity index (χ4v) is 2.37. The van der Waals surface area contributed by atoms with Crippen LogP contribution in [0.5, 0.6) is 0 Å². The van der Waals surface area contributed by atoms with Crippen LogP contribution in [0.2, 0.25) is 0 Å². The van der Waals surface area contributed by atoms with E-state index >= 15 is 0 Å². The molecule has 1 rings (SSSR count). The maximum absolute atomic E-state index is 8.76. The van der Waals surface area contributed by atoms with Crippen molar-refractivity contribution >= 4 is 27.7 Å². The summed E-state index contributed by atoms with van der Waals surface area (Å²) in [6.07, 6.45) is 0. The average molecular weight is 276 g/mol. The highest BCUT2D eigenvalue weighted by molar-refractivity contribution is 9.10. The van der Waals surface area contributed by atoms with E-state index < -0.39 is 0 Å². The minimum Gasteiger partial charge on any atom is -0.396 e. The van der Waals surface area contributed by atoms with E-state index in [1.54, 1.807) is 11.8 Å². The van der Waals surface area contributed by atoms with E-state index in [0.29, 0.717) is 0 Å². The van der Waals surface area contributed by atoms with Crippen LogP contribution in [0, 0.1) is 0 Å². The van der Waals surface area contributed by atoms with Gasteiger partial charge in [0, 0.05) is 21.7 Å². The van der Waals surface area contributed by atoms with Crippen molar-refractivity contribution < 1.29 is 5.11 Å². The average Bonchev–Trinajstić information content (AvgIpc) is 2.17. The van der Waals surface area contributed by atoms with Crippen molar-refractivity contribution in [3.05, 3.63) is 28.2 Å². The normalized spacial score (nSPS) is 10.5. The maximum Gasteiger partial charge on any atom is 0.0525 e. The molecular weight excluding hydrogens is 262 g/mol. The Hall–Kier alpha value is -0.0300. The molecule has 2 nitrogen and oxygen atoms in total. The lowest BCUT2D eigenvalue weighted by Crippen LogP contribution is -2.06. The zero-order chi connectivity index (χ0) is 10.4. The third-order valence-electron chi connectivity index (χ3n) is 1.74. The summed E-state index contributed by atoms with van der Waals surface area (Å²) in [7, 11) is 1.93. The molecule has 0 saturated heterocycles. The predicted octanol–water partition coefficient (Wildman–Crippen LogP) is 2.25. The Kier molecular flexibility index (Phi) is 5.55. The fraction of sp³-hybridized carbons (Fsp3) is 0.400. The molecule has 0 amide bonds. The lowest BCUT2D eigenvalue weighted by molar-refractivity contribution is 0.322. The summed E-state index contributed by atoms with van der Waals surface area (Å²) >= 11 is 5.13. The van der Waals surface area contributed by atoms with E-state index in [1.807, 2.05) is 13.1 Å². The van der Waals surface area contributed by atoms with E-state index in [0.717, 1.165) is 16.8 Å². The molecule has 0 heterocycles. The molecule has 0 radical (unpaired) electrons. The van der Waals surface area contributed by atoms with Gasteiger partial charge < -0.3 is 10.4 Å². The lowest BCUT2D eigenvalue weighted by Gasteiger charge is -2.08. The number of halogens is 1. The Morgan fingerprint density at radius 1 is 1.50 bits per heavy atom. The Morgan fingerprint density at radius 2 is 2.29 bits per heavy atom. The van der Waals surface area contributed by atoms with Crippen LogP contribution in [0.3, 0.4) is 0 Å². The van der Waals surface area contributed by atoms with Crippen LogP contribution in [-0.4, -0.2) is 24.5 Å². The minimum absolute atomic E-state index is 0.222. The fourth-order valence-electron chi connectivity index (χ4n) is 1.17. The summed E-state index contributed by atoms with van der Waals surface area (Å²) in [5.74, 6) is 0.748. The van der Waals surface area contributed by atoms with Gasteiger partial charge in [0.25, 0.3) is 0 Å². The summed E-state index contributed by atoms with van der Waals surface area (Å²) in [5, 5.41) is 11.9. The van der Waals surface area contributed by atoms with Gasteiger partial charge >= 0.3 is 0 Å². The number of thioether (sulfide) groups is 1. The molecule has 0 aliphatic heterocycles. The van der Waals surface area contributed by atoms with Gasteiger partial charge in [0.05, 0.1) is 6.61 Å². The summed E-state index contributed by atoms with van der Waals surface area (Å²) in [5.41, 5.74) is 1.26. The molecule has 0 aliphatic rings. The molecule has 4 heteroatoms. The van der Waals surface area contributed by atoms with Crippen molar-refractivity contribution in [2.45, 2.75) is 11.4 Å². The highest BCUT2D eigenvalue weighted by Crippen LogP contribution is 2.25. The first-order chi connectivity index (χ1) is 6.77. The molecule has 2 N–H and O–H groups in total. The zero-order valence-corrected chi connectivity index (χ0v) is 10.5. The van der Waals surface area contributed by atoms with E-state index in [-0.39, 0.29) is 6.61 Å². The molecular formula is C10H14BrNOS. The van der Waals surface area contributed by atoms with E-state index in [9.17, 15) is 0 Å². The van der Waals surface area contributed by atoms with Crippen molar-refractivity contribution in [3.8, 4) is 0 Å². The van der Waals surface area contributed by atoms with Gasteiger partial charge in [0.1, 0.15) is 0 Å². The van der Waals surface area contributed by atoms with Crippen molar-refractivity contribution in [2.75, 3.05) is 19.4 Å². The highest BCUT2D eigenvalue weighted by atomic mass is 79.9. The summed E-state index contributed by atoms with van der Waals surface area (Å²) < 4.78 is 1.09. The third-order valence-corrected chi connectivity index (χ3v) is 3.33. The number of aliphatic hydroxyl groups is 1. The SMILES string of the molecule is CNCc1cc(Br)ccc1SCCO. The first-order valence-electron chi connectivity index (χ1n) is 4.44. The summed E-state index contributed by atoms with van der Waals surface area (Å²) in [6, 6.07) is 6.21. The van der Waals surface area contributed by atoms with Gasteiger partial charge in [0.15, 0.2) is 0 Å². The number of benzene rings is 1. The molecule has 14 heavy (non-hydrogen) atoms. The zero-order valence-electron chi connectivity index (χ0n) is 8.09. The molecule has 1 aromatic rings. The molecule has 0 aliphatic carbocycles. The van der Waals surface area contributed by atoms with Crippen LogP contribution in [0.1, 0.15) is 5.56 Å². The number of aliphatic hydroxyl groups excluding tert-OH is 1. The van der Waals surface area contributed by atoms with Crippen LogP contribution in [0.4, 0.5) is 0 Å². The smallest absolute Gasteiger partial charge is 0.0525 e. The van der Waals surface area contributed by atoms with Crippen molar-refractivity contribution in [1.82, 2.24) is 5.32 Å². The number of rotatable bonds is 5. The molecule has 0 bridgehead atoms. The molecule has 78 valence electrons. The first kappa shape index (κ1) is 12.0. The number of hydrogen-bond acceptors (Lipinski definition) is 3. The summed E-state index contributed by atoms with van der Waals surface area (Å²) in [6.45, 7) is 1.08. The van der Waals surface area contributed by atoms with Gasteiger partial charge in [-0.25, -0.2) is 0 Å². The Labute approximate surface area is 97.2 Å². The molecule has 0 spiro atoms. The quantitative estimate of drug-likeness (QED) is 0.809. The minimum atomic E-state index is 0.222. The largest absolute Gasteiger partial charge is 0.396 e. The van der Waals surface area contributed by atoms with Gasteiger partial charge in [0.2, 0.25) is 0 Å². The topological polar surface area (TPSA) is 32.3 Å². The first-order valence-corrected chi connectivity index (χ1v) is 6.22. The Bertz CT molecular complexity index is 293. The van der Waals surface area contributed by atoms with Gasteiger partial charge in [-0.2, -0.15) is 0 Å². The van der Waals surface area contributed by atoms with Crippen LogP contribution in [0.15, 0.2) is 27.6 Å².